The number of alkyl halides is 1. The number of piperidine rings is 1. The highest BCUT2D eigenvalue weighted by Gasteiger charge is 2.62. The van der Waals surface area contributed by atoms with E-state index in [9.17, 15) is 14.4 Å². The van der Waals surface area contributed by atoms with E-state index in [0.717, 1.165) is 16.3 Å². The molecule has 0 bridgehead atoms. The lowest BCUT2D eigenvalue weighted by Gasteiger charge is -2.61. The number of hydrogen-bond acceptors (Lipinski definition) is 5. The second kappa shape index (κ2) is 4.42. The molecule has 0 aromatic carbocycles. The Bertz CT molecular complexity index is 473. The number of fused-ring (bicyclic) bond motifs is 1. The summed E-state index contributed by atoms with van der Waals surface area (Å²) < 4.78 is 5.77. The van der Waals surface area contributed by atoms with Gasteiger partial charge in [-0.25, -0.2) is 9.10 Å². The largest absolute Gasteiger partial charge is 0.453 e. The highest BCUT2D eigenvalue weighted by atomic mass is 35.5. The fourth-order valence-corrected chi connectivity index (χ4v) is 4.50. The van der Waals surface area contributed by atoms with Gasteiger partial charge in [0, 0.05) is 24.6 Å². The van der Waals surface area contributed by atoms with Crippen molar-refractivity contribution in [1.82, 2.24) is 9.21 Å². The van der Waals surface area contributed by atoms with Crippen molar-refractivity contribution in [3.63, 3.8) is 0 Å². The number of methoxy groups -OCH3 is 1. The van der Waals surface area contributed by atoms with E-state index in [1.807, 2.05) is 0 Å². The smallest absolute Gasteiger partial charge is 0.409 e. The van der Waals surface area contributed by atoms with E-state index in [1.165, 1.54) is 19.3 Å². The molecule has 1 saturated carbocycles. The summed E-state index contributed by atoms with van der Waals surface area (Å²) in [6.45, 7) is 0.557. The lowest BCUT2D eigenvalue weighted by molar-refractivity contribution is -0.130. The number of carbonyl (C=O) groups is 3. The van der Waals surface area contributed by atoms with Crippen molar-refractivity contribution in [2.45, 2.75) is 16.7 Å². The highest BCUT2D eigenvalue weighted by Crippen LogP contribution is 2.52. The Morgan fingerprint density at radius 3 is 2.58 bits per heavy atom. The van der Waals surface area contributed by atoms with E-state index in [2.05, 4.69) is 4.74 Å². The van der Waals surface area contributed by atoms with Gasteiger partial charge in [-0.15, -0.1) is 11.6 Å². The monoisotopic (exact) mass is 302 g/mol. The van der Waals surface area contributed by atoms with Crippen LogP contribution in [0.25, 0.3) is 0 Å². The summed E-state index contributed by atoms with van der Waals surface area (Å²) in [7, 11) is 1.33. The molecule has 3 rings (SSSR count). The van der Waals surface area contributed by atoms with Gasteiger partial charge >= 0.3 is 6.09 Å². The fraction of sp³-hybridized carbons (Fsp3) is 0.545. The zero-order valence-corrected chi connectivity index (χ0v) is 11.6. The van der Waals surface area contributed by atoms with Gasteiger partial charge in [-0.2, -0.15) is 0 Å². The topological polar surface area (TPSA) is 66.9 Å². The minimum absolute atomic E-state index is 0.0274. The van der Waals surface area contributed by atoms with Crippen LogP contribution in [0.1, 0.15) is 0 Å². The number of carbonyl (C=O) groups excluding carboxylic acids is 3. The number of nitrogens with zero attached hydrogens (tertiary/aromatic N) is 2. The van der Waals surface area contributed by atoms with Crippen molar-refractivity contribution < 1.29 is 19.1 Å². The molecule has 1 aliphatic carbocycles. The second-order valence-electron chi connectivity index (χ2n) is 4.60. The summed E-state index contributed by atoms with van der Waals surface area (Å²) in [5.41, 5.74) is 0. The minimum atomic E-state index is -0.384. The molecule has 0 unspecified atom stereocenters. The Balaban J connectivity index is 1.61. The third-order valence-corrected chi connectivity index (χ3v) is 5.81. The number of imide groups is 1. The first-order valence-electron chi connectivity index (χ1n) is 5.76. The maximum Gasteiger partial charge on any atom is 0.409 e. The normalized spacial score (nSPS) is 35.9. The first-order chi connectivity index (χ1) is 9.04. The van der Waals surface area contributed by atoms with Gasteiger partial charge in [-0.1, -0.05) is 0 Å². The van der Waals surface area contributed by atoms with Gasteiger partial charge in [0.25, 0.3) is 11.8 Å². The molecule has 8 heteroatoms. The van der Waals surface area contributed by atoms with Crippen LogP contribution in [0.4, 0.5) is 4.79 Å². The van der Waals surface area contributed by atoms with E-state index in [-0.39, 0.29) is 40.5 Å². The van der Waals surface area contributed by atoms with Crippen molar-refractivity contribution in [1.29, 1.82) is 0 Å². The average Bonchev–Trinajstić information content (AvgIpc) is 2.67. The van der Waals surface area contributed by atoms with Gasteiger partial charge in [-0.05, 0) is 11.9 Å². The van der Waals surface area contributed by atoms with Crippen LogP contribution in [-0.4, -0.2) is 57.4 Å². The molecule has 2 heterocycles. The van der Waals surface area contributed by atoms with E-state index >= 15 is 0 Å². The summed E-state index contributed by atoms with van der Waals surface area (Å²) in [4.78, 5) is 35.9. The summed E-state index contributed by atoms with van der Waals surface area (Å²) in [5, 5.41) is -0.301. The van der Waals surface area contributed by atoms with Crippen molar-refractivity contribution in [2.75, 3.05) is 13.7 Å². The summed E-state index contributed by atoms with van der Waals surface area (Å²) in [6.07, 6.45) is 2.11. The Hall–Kier alpha value is -1.21. The van der Waals surface area contributed by atoms with E-state index < -0.39 is 0 Å². The molecule has 6 nitrogen and oxygen atoms in total. The second-order valence-corrected chi connectivity index (χ2v) is 6.22. The number of rotatable bonds is 2. The van der Waals surface area contributed by atoms with Crippen molar-refractivity contribution in [3.05, 3.63) is 12.2 Å². The Morgan fingerprint density at radius 2 is 2.05 bits per heavy atom. The van der Waals surface area contributed by atoms with Gasteiger partial charge in [-0.3, -0.25) is 9.59 Å². The molecule has 3 amide bonds. The van der Waals surface area contributed by atoms with Gasteiger partial charge in [0.05, 0.1) is 23.8 Å². The van der Waals surface area contributed by atoms with Gasteiger partial charge in [0.15, 0.2) is 0 Å². The fourth-order valence-electron chi connectivity index (χ4n) is 2.60. The molecule has 3 aliphatic rings. The molecule has 1 saturated heterocycles. The van der Waals surface area contributed by atoms with E-state index in [0.29, 0.717) is 6.54 Å². The molecule has 0 aromatic heterocycles. The number of amides is 3. The number of halogens is 1. The van der Waals surface area contributed by atoms with Crippen molar-refractivity contribution >= 4 is 41.5 Å². The zero-order chi connectivity index (χ0) is 13.7. The van der Waals surface area contributed by atoms with Crippen LogP contribution in [0, 0.1) is 5.92 Å². The Kier molecular flexibility index (Phi) is 2.98. The summed E-state index contributed by atoms with van der Waals surface area (Å²) >= 11 is 7.41. The zero-order valence-electron chi connectivity index (χ0n) is 9.98. The molecular weight excluding hydrogens is 292 g/mol. The van der Waals surface area contributed by atoms with Crippen LogP contribution in [0.2, 0.25) is 0 Å². The van der Waals surface area contributed by atoms with Crippen LogP contribution in [-0.2, 0) is 14.3 Å². The lowest BCUT2D eigenvalue weighted by atomic mass is 9.70. The van der Waals surface area contributed by atoms with E-state index in [1.54, 1.807) is 4.90 Å². The predicted octanol–water partition coefficient (Wildman–Crippen LogP) is 0.616. The Morgan fingerprint density at radius 1 is 1.42 bits per heavy atom. The maximum absolute atomic E-state index is 11.5. The minimum Gasteiger partial charge on any atom is -0.453 e. The van der Waals surface area contributed by atoms with Crippen LogP contribution in [0.15, 0.2) is 12.2 Å². The van der Waals surface area contributed by atoms with Crippen LogP contribution < -0.4 is 0 Å². The molecule has 4 atom stereocenters. The maximum atomic E-state index is 11.5. The Labute approximate surface area is 118 Å². The third kappa shape index (κ3) is 1.75. The van der Waals surface area contributed by atoms with E-state index in [4.69, 9.17) is 11.6 Å². The molecule has 102 valence electrons. The third-order valence-electron chi connectivity index (χ3n) is 3.67. The van der Waals surface area contributed by atoms with Crippen LogP contribution >= 0.6 is 23.5 Å². The first kappa shape index (κ1) is 12.8. The lowest BCUT2D eigenvalue weighted by Crippen LogP contribution is -2.76. The molecule has 19 heavy (non-hydrogen) atoms. The summed E-state index contributed by atoms with van der Waals surface area (Å²) in [5.74, 6) is -0.439. The van der Waals surface area contributed by atoms with Crippen molar-refractivity contribution in [3.8, 4) is 0 Å². The molecule has 0 spiro atoms. The van der Waals surface area contributed by atoms with Gasteiger partial charge in [0.2, 0.25) is 0 Å². The molecule has 2 aliphatic heterocycles. The van der Waals surface area contributed by atoms with Gasteiger partial charge in [0.1, 0.15) is 0 Å². The van der Waals surface area contributed by atoms with Crippen LogP contribution in [0.3, 0.4) is 0 Å². The average molecular weight is 303 g/mol. The van der Waals surface area contributed by atoms with Gasteiger partial charge < -0.3 is 9.64 Å². The molecule has 0 N–H and O–H groups in total. The SMILES string of the molecule is COC(=O)N1C[C@@H]2[C@@H](SN3C(=O)C=CC3=O)[C@H](Cl)[C@@H]21. The summed E-state index contributed by atoms with van der Waals surface area (Å²) in [6, 6.07) is -0.0487. The molecule has 0 aromatic rings. The number of hydrogen-bond donors (Lipinski definition) is 0. The molecule has 0 radical (unpaired) electrons. The van der Waals surface area contributed by atoms with Crippen LogP contribution in [0.5, 0.6) is 0 Å². The standard InChI is InChI=1S/C11H11ClN2O4S/c1-18-11(17)13-4-5-9(13)8(12)10(5)19-14-6(15)2-3-7(14)16/h2-3,5,8-10H,4H2,1H3/t5-,8+,9+,10+/m0/s1. The number of ether oxygens (including phenoxy) is 1. The number of likely N-dealkylation sites (tertiary alicyclic amines) is 1. The predicted molar refractivity (Wildman–Crippen MR) is 68.4 cm³/mol. The first-order valence-corrected chi connectivity index (χ1v) is 7.03. The van der Waals surface area contributed by atoms with Crippen molar-refractivity contribution in [2.24, 2.45) is 5.92 Å². The highest BCUT2D eigenvalue weighted by molar-refractivity contribution is 7.98. The quantitative estimate of drug-likeness (QED) is 0.425. The molecule has 2 fully saturated rings. The molecular formula is C11H11ClN2O4S.